The predicted octanol–water partition coefficient (Wildman–Crippen LogP) is 2.28. The van der Waals surface area contributed by atoms with Gasteiger partial charge in [0, 0.05) is 5.56 Å². The average molecular weight is 400 g/mol. The minimum absolute atomic E-state index is 0.0815. The van der Waals surface area contributed by atoms with Gasteiger partial charge in [-0.2, -0.15) is 0 Å². The molecule has 0 saturated carbocycles. The van der Waals surface area contributed by atoms with Crippen molar-refractivity contribution in [1.29, 1.82) is 0 Å². The standard InChI is InChI=1S/C18H16N4O5S/c1-26-17(25)12-8-7-11(27-12)9-28-18-21-14(19)13(16(24)22-18)20-15(23)10-5-3-2-4-6-10/h2-8H,9H2,1H3,(H,20,23)(H3,19,21,22,24). The van der Waals surface area contributed by atoms with Gasteiger partial charge in [-0.25, -0.2) is 9.78 Å². The summed E-state index contributed by atoms with van der Waals surface area (Å²) in [5.41, 5.74) is 5.53. The lowest BCUT2D eigenvalue weighted by molar-refractivity contribution is 0.0563. The van der Waals surface area contributed by atoms with Crippen LogP contribution in [0.5, 0.6) is 0 Å². The van der Waals surface area contributed by atoms with E-state index in [1.54, 1.807) is 36.4 Å². The van der Waals surface area contributed by atoms with E-state index in [1.807, 2.05) is 0 Å². The van der Waals surface area contributed by atoms with E-state index in [0.29, 0.717) is 17.1 Å². The number of aromatic nitrogens is 2. The van der Waals surface area contributed by atoms with Gasteiger partial charge in [-0.1, -0.05) is 30.0 Å². The van der Waals surface area contributed by atoms with Crippen LogP contribution in [0, 0.1) is 0 Å². The average Bonchev–Trinajstić information content (AvgIpc) is 3.18. The third-order valence-electron chi connectivity index (χ3n) is 3.60. The summed E-state index contributed by atoms with van der Waals surface area (Å²) in [4.78, 5) is 42.5. The van der Waals surface area contributed by atoms with E-state index in [9.17, 15) is 14.4 Å². The van der Waals surface area contributed by atoms with Crippen LogP contribution in [0.1, 0.15) is 26.7 Å². The Bertz CT molecular complexity index is 1060. The van der Waals surface area contributed by atoms with Crippen LogP contribution >= 0.6 is 11.8 Å². The number of nitrogens with one attached hydrogen (secondary N) is 2. The molecular formula is C18H16N4O5S. The number of ether oxygens (including phenoxy) is 1. The number of nitrogen functional groups attached to an aromatic ring is 1. The first-order valence-corrected chi connectivity index (χ1v) is 9.02. The SMILES string of the molecule is COC(=O)c1ccc(CSc2nc(N)c(NC(=O)c3ccccc3)c(=O)[nH]2)o1. The highest BCUT2D eigenvalue weighted by atomic mass is 32.2. The number of benzene rings is 1. The molecule has 0 bridgehead atoms. The van der Waals surface area contributed by atoms with Gasteiger partial charge < -0.3 is 20.2 Å². The van der Waals surface area contributed by atoms with E-state index in [4.69, 9.17) is 10.2 Å². The smallest absolute Gasteiger partial charge is 0.373 e. The van der Waals surface area contributed by atoms with Crippen LogP contribution < -0.4 is 16.6 Å². The normalized spacial score (nSPS) is 10.5. The molecule has 0 fully saturated rings. The Morgan fingerprint density at radius 2 is 2.00 bits per heavy atom. The van der Waals surface area contributed by atoms with Gasteiger partial charge in [0.2, 0.25) is 5.76 Å². The number of hydrogen-bond acceptors (Lipinski definition) is 8. The van der Waals surface area contributed by atoms with Gasteiger partial charge in [0.15, 0.2) is 11.0 Å². The summed E-state index contributed by atoms with van der Waals surface area (Å²) in [7, 11) is 1.26. The number of rotatable bonds is 6. The summed E-state index contributed by atoms with van der Waals surface area (Å²) < 4.78 is 9.91. The van der Waals surface area contributed by atoms with Gasteiger partial charge in [0.25, 0.3) is 11.5 Å². The van der Waals surface area contributed by atoms with Crippen molar-refractivity contribution in [2.45, 2.75) is 10.9 Å². The van der Waals surface area contributed by atoms with E-state index in [1.165, 1.54) is 13.2 Å². The maximum absolute atomic E-state index is 12.3. The van der Waals surface area contributed by atoms with E-state index in [-0.39, 0.29) is 22.4 Å². The number of methoxy groups -OCH3 is 1. The summed E-state index contributed by atoms with van der Waals surface area (Å²) in [6, 6.07) is 11.5. The molecule has 0 radical (unpaired) electrons. The molecule has 0 aliphatic heterocycles. The van der Waals surface area contributed by atoms with Crippen molar-refractivity contribution in [3.63, 3.8) is 0 Å². The minimum atomic E-state index is -0.578. The number of nitrogens with two attached hydrogens (primary N) is 1. The second kappa shape index (κ2) is 8.44. The highest BCUT2D eigenvalue weighted by Gasteiger charge is 2.15. The first kappa shape index (κ1) is 19.2. The van der Waals surface area contributed by atoms with Crippen LogP contribution in [-0.4, -0.2) is 29.0 Å². The summed E-state index contributed by atoms with van der Waals surface area (Å²) in [6.07, 6.45) is 0. The maximum Gasteiger partial charge on any atom is 0.373 e. The summed E-state index contributed by atoms with van der Waals surface area (Å²) in [5, 5.41) is 2.72. The van der Waals surface area contributed by atoms with Crippen molar-refractivity contribution >= 4 is 35.1 Å². The van der Waals surface area contributed by atoms with E-state index in [2.05, 4.69) is 20.0 Å². The van der Waals surface area contributed by atoms with E-state index < -0.39 is 17.4 Å². The molecule has 144 valence electrons. The number of carbonyl (C=O) groups is 2. The fraction of sp³-hybridized carbons (Fsp3) is 0.111. The summed E-state index contributed by atoms with van der Waals surface area (Å²) in [5.74, 6) is -0.275. The molecule has 0 saturated heterocycles. The molecular weight excluding hydrogens is 384 g/mol. The van der Waals surface area contributed by atoms with Gasteiger partial charge in [-0.3, -0.25) is 14.6 Å². The van der Waals surface area contributed by atoms with Crippen LogP contribution in [0.15, 0.2) is 56.8 Å². The quantitative estimate of drug-likeness (QED) is 0.325. The predicted molar refractivity (Wildman–Crippen MR) is 103 cm³/mol. The molecule has 0 unspecified atom stereocenters. The molecule has 10 heteroatoms. The zero-order valence-corrected chi connectivity index (χ0v) is 15.5. The number of H-pyrrole nitrogens is 1. The molecule has 2 aromatic heterocycles. The van der Waals surface area contributed by atoms with E-state index >= 15 is 0 Å². The lowest BCUT2D eigenvalue weighted by atomic mass is 10.2. The molecule has 4 N–H and O–H groups in total. The minimum Gasteiger partial charge on any atom is -0.463 e. The van der Waals surface area contributed by atoms with Crippen LogP contribution in [0.3, 0.4) is 0 Å². The molecule has 0 spiro atoms. The number of hydrogen-bond donors (Lipinski definition) is 3. The first-order valence-electron chi connectivity index (χ1n) is 8.04. The molecule has 0 aliphatic rings. The molecule has 3 rings (SSSR count). The molecule has 28 heavy (non-hydrogen) atoms. The highest BCUT2D eigenvalue weighted by molar-refractivity contribution is 7.98. The Kier molecular flexibility index (Phi) is 5.80. The van der Waals surface area contributed by atoms with Crippen molar-refractivity contribution in [3.8, 4) is 0 Å². The largest absolute Gasteiger partial charge is 0.463 e. The maximum atomic E-state index is 12.3. The third-order valence-corrected chi connectivity index (χ3v) is 4.50. The lowest BCUT2D eigenvalue weighted by Gasteiger charge is -2.08. The van der Waals surface area contributed by atoms with Gasteiger partial charge in [-0.05, 0) is 24.3 Å². The monoisotopic (exact) mass is 400 g/mol. The number of esters is 1. The van der Waals surface area contributed by atoms with Crippen molar-refractivity contribution in [2.75, 3.05) is 18.2 Å². The Morgan fingerprint density at radius 3 is 2.68 bits per heavy atom. The summed E-state index contributed by atoms with van der Waals surface area (Å²) in [6.45, 7) is 0. The van der Waals surface area contributed by atoms with E-state index in [0.717, 1.165) is 11.8 Å². The van der Waals surface area contributed by atoms with Crippen LogP contribution in [0.25, 0.3) is 0 Å². The summed E-state index contributed by atoms with van der Waals surface area (Å²) >= 11 is 1.15. The molecule has 0 aliphatic carbocycles. The fourth-order valence-electron chi connectivity index (χ4n) is 2.24. The first-order chi connectivity index (χ1) is 13.5. The number of furan rings is 1. The Balaban J connectivity index is 1.69. The number of amides is 1. The number of carbonyl (C=O) groups excluding carboxylic acids is 2. The topological polar surface area (TPSA) is 140 Å². The Labute approximate surface area is 163 Å². The third kappa shape index (κ3) is 4.41. The van der Waals surface area contributed by atoms with Gasteiger partial charge >= 0.3 is 5.97 Å². The zero-order chi connectivity index (χ0) is 20.1. The second-order valence-corrected chi connectivity index (χ2v) is 6.46. The van der Waals surface area contributed by atoms with Gasteiger partial charge in [0.1, 0.15) is 11.4 Å². The molecule has 1 amide bonds. The lowest BCUT2D eigenvalue weighted by Crippen LogP contribution is -2.23. The molecule has 2 heterocycles. The van der Waals surface area contributed by atoms with Crippen LogP contribution in [0.4, 0.5) is 11.5 Å². The zero-order valence-electron chi connectivity index (χ0n) is 14.7. The van der Waals surface area contributed by atoms with Crippen LogP contribution in [0.2, 0.25) is 0 Å². The number of anilines is 2. The van der Waals surface area contributed by atoms with Crippen molar-refractivity contribution in [1.82, 2.24) is 9.97 Å². The second-order valence-electron chi connectivity index (χ2n) is 5.50. The highest BCUT2D eigenvalue weighted by Crippen LogP contribution is 2.22. The van der Waals surface area contributed by atoms with Crippen molar-refractivity contribution in [3.05, 3.63) is 69.9 Å². The Morgan fingerprint density at radius 1 is 1.25 bits per heavy atom. The van der Waals surface area contributed by atoms with Gasteiger partial charge in [-0.15, -0.1) is 0 Å². The molecule has 1 aromatic carbocycles. The number of nitrogens with zero attached hydrogens (tertiary/aromatic N) is 1. The Hall–Kier alpha value is -3.53. The number of thioether (sulfide) groups is 1. The van der Waals surface area contributed by atoms with Crippen molar-refractivity contribution < 1.29 is 18.7 Å². The van der Waals surface area contributed by atoms with Gasteiger partial charge in [0.05, 0.1) is 12.9 Å². The number of aromatic amines is 1. The fourth-order valence-corrected chi connectivity index (χ4v) is 3.00. The van der Waals surface area contributed by atoms with Crippen molar-refractivity contribution in [2.24, 2.45) is 0 Å². The molecule has 0 atom stereocenters. The molecule has 9 nitrogen and oxygen atoms in total. The molecule has 3 aromatic rings. The van der Waals surface area contributed by atoms with Crippen LogP contribution in [-0.2, 0) is 10.5 Å².